The van der Waals surface area contributed by atoms with E-state index < -0.39 is 5.97 Å². The van der Waals surface area contributed by atoms with Gasteiger partial charge in [-0.1, -0.05) is 36.8 Å². The maximum atomic E-state index is 10.5. The average molecular weight is 293 g/mol. The zero-order valence-electron chi connectivity index (χ0n) is 11.2. The fourth-order valence-corrected chi connectivity index (χ4v) is 2.43. The normalized spacial score (nSPS) is 17.8. The minimum Gasteiger partial charge on any atom is -0.481 e. The third-order valence-electron chi connectivity index (χ3n) is 3.17. The second-order valence-corrected chi connectivity index (χ2v) is 5.19. The minimum atomic E-state index is -0.730. The number of unbranched alkanes of at least 4 members (excludes halogenated alkanes) is 2. The minimum absolute atomic E-state index is 0.121. The summed E-state index contributed by atoms with van der Waals surface area (Å²) in [5.41, 5.74) is 3.90. The number of carbonyl (C=O) groups is 1. The molecule has 0 bridgehead atoms. The molecule has 6 heteroatoms. The first-order valence-corrected chi connectivity index (χ1v) is 7.25. The number of carboxylic acids is 1. The van der Waals surface area contributed by atoms with E-state index in [1.165, 1.54) is 0 Å². The van der Waals surface area contributed by atoms with Gasteiger partial charge in [-0.3, -0.25) is 10.2 Å². The second-order valence-electron chi connectivity index (χ2n) is 4.70. The van der Waals surface area contributed by atoms with Gasteiger partial charge in [0.1, 0.15) is 0 Å². The molecule has 5 nitrogen and oxygen atoms in total. The smallest absolute Gasteiger partial charge is 0.303 e. The number of nitrogens with zero attached hydrogens (tertiary/aromatic N) is 2. The molecule has 1 atom stereocenters. The van der Waals surface area contributed by atoms with Crippen LogP contribution in [-0.4, -0.2) is 33.9 Å². The third-order valence-corrected chi connectivity index (χ3v) is 3.57. The van der Waals surface area contributed by atoms with Crippen LogP contribution >= 0.6 is 12.6 Å². The summed E-state index contributed by atoms with van der Waals surface area (Å²) < 4.78 is 0. The fourth-order valence-electron chi connectivity index (χ4n) is 2.15. The molecule has 0 amide bonds. The fraction of sp³-hybridized carbons (Fsp3) is 0.429. The average Bonchev–Trinajstić information content (AvgIpc) is 2.80. The molecule has 1 aromatic rings. The predicted molar refractivity (Wildman–Crippen MR) is 81.7 cm³/mol. The van der Waals surface area contributed by atoms with Gasteiger partial charge in [-0.15, -0.1) is 12.6 Å². The molecule has 1 aliphatic rings. The molecule has 1 heterocycles. The molecule has 0 saturated carbocycles. The summed E-state index contributed by atoms with van der Waals surface area (Å²) in [6.07, 6.45) is 2.77. The molecular weight excluding hydrogens is 274 g/mol. The number of carboxylic acid groups (broad SMARTS) is 1. The number of amidine groups is 1. The van der Waals surface area contributed by atoms with E-state index in [9.17, 15) is 4.79 Å². The molecule has 1 unspecified atom stereocenters. The van der Waals surface area contributed by atoms with Gasteiger partial charge < -0.3 is 10.0 Å². The third kappa shape index (κ3) is 3.90. The Bertz CT molecular complexity index is 479. The number of hydrogen-bond acceptors (Lipinski definition) is 5. The van der Waals surface area contributed by atoms with Crippen molar-refractivity contribution in [1.82, 2.24) is 10.3 Å². The lowest BCUT2D eigenvalue weighted by Gasteiger charge is -2.23. The molecule has 1 aromatic carbocycles. The number of aliphatic carboxylic acids is 1. The maximum Gasteiger partial charge on any atom is 0.303 e. The Labute approximate surface area is 124 Å². The van der Waals surface area contributed by atoms with Gasteiger partial charge in [0.05, 0.1) is 0 Å². The van der Waals surface area contributed by atoms with Crippen LogP contribution in [0.4, 0.5) is 0 Å². The van der Waals surface area contributed by atoms with Crippen LogP contribution in [0.3, 0.4) is 0 Å². The second kappa shape index (κ2) is 7.19. The van der Waals surface area contributed by atoms with E-state index in [-0.39, 0.29) is 11.9 Å². The number of hydrogen-bond donors (Lipinski definition) is 3. The summed E-state index contributed by atoms with van der Waals surface area (Å²) in [4.78, 5) is 12.6. The van der Waals surface area contributed by atoms with Crippen molar-refractivity contribution in [3.05, 3.63) is 35.9 Å². The van der Waals surface area contributed by atoms with E-state index in [1.807, 2.05) is 30.3 Å². The molecule has 2 rings (SSSR count). The lowest BCUT2D eigenvalue weighted by molar-refractivity contribution is -0.137. The standard InChI is InChI=1S/C14H19N3O2S/c18-12(19)9-5-2-6-10-17-13(15-16-14(17)20)11-7-3-1-4-8-11/h1,3-4,7-8,14,16,20H,2,5-6,9-10H2,(H,18,19). The van der Waals surface area contributed by atoms with E-state index in [4.69, 9.17) is 5.11 Å². The van der Waals surface area contributed by atoms with Crippen molar-refractivity contribution >= 4 is 24.4 Å². The summed E-state index contributed by atoms with van der Waals surface area (Å²) in [5, 5.41) is 12.9. The Balaban J connectivity index is 1.86. The van der Waals surface area contributed by atoms with E-state index in [2.05, 4.69) is 28.1 Å². The van der Waals surface area contributed by atoms with Crippen molar-refractivity contribution in [2.24, 2.45) is 5.10 Å². The van der Waals surface area contributed by atoms with Gasteiger partial charge in [-0.05, 0) is 12.8 Å². The first-order chi connectivity index (χ1) is 9.68. The van der Waals surface area contributed by atoms with Crippen molar-refractivity contribution in [1.29, 1.82) is 0 Å². The van der Waals surface area contributed by atoms with E-state index in [0.717, 1.165) is 30.8 Å². The number of nitrogens with one attached hydrogen (secondary N) is 1. The van der Waals surface area contributed by atoms with Gasteiger partial charge in [0.15, 0.2) is 11.3 Å². The largest absolute Gasteiger partial charge is 0.481 e. The van der Waals surface area contributed by atoms with Gasteiger partial charge >= 0.3 is 5.97 Å². The van der Waals surface area contributed by atoms with Crippen LogP contribution in [0.1, 0.15) is 31.2 Å². The maximum absolute atomic E-state index is 10.5. The van der Waals surface area contributed by atoms with E-state index in [1.54, 1.807) is 0 Å². The molecule has 0 saturated heterocycles. The van der Waals surface area contributed by atoms with Crippen LogP contribution in [0, 0.1) is 0 Å². The summed E-state index contributed by atoms with van der Waals surface area (Å²) in [6.45, 7) is 0.814. The van der Waals surface area contributed by atoms with Crippen LogP contribution in [0.25, 0.3) is 0 Å². The SMILES string of the molecule is O=C(O)CCCCCN1C(c2ccccc2)=NNC1S. The quantitative estimate of drug-likeness (QED) is 0.532. The molecular formula is C14H19N3O2S. The van der Waals surface area contributed by atoms with Crippen molar-refractivity contribution < 1.29 is 9.90 Å². The Morgan fingerprint density at radius 3 is 2.75 bits per heavy atom. The number of thiol groups is 1. The highest BCUT2D eigenvalue weighted by molar-refractivity contribution is 7.80. The van der Waals surface area contributed by atoms with E-state index in [0.29, 0.717) is 6.42 Å². The molecule has 0 spiro atoms. The van der Waals surface area contributed by atoms with Crippen LogP contribution in [0.2, 0.25) is 0 Å². The zero-order valence-corrected chi connectivity index (χ0v) is 12.1. The lowest BCUT2D eigenvalue weighted by atomic mass is 10.1. The number of benzene rings is 1. The molecule has 0 aliphatic carbocycles. The number of rotatable bonds is 7. The van der Waals surface area contributed by atoms with Gasteiger partial charge in [0, 0.05) is 18.5 Å². The molecule has 20 heavy (non-hydrogen) atoms. The highest BCUT2D eigenvalue weighted by Crippen LogP contribution is 2.17. The van der Waals surface area contributed by atoms with Crippen molar-refractivity contribution in [3.63, 3.8) is 0 Å². The highest BCUT2D eigenvalue weighted by atomic mass is 32.1. The number of hydrazone groups is 1. The van der Waals surface area contributed by atoms with Gasteiger partial charge in [-0.2, -0.15) is 5.10 Å². The Morgan fingerprint density at radius 2 is 2.05 bits per heavy atom. The zero-order chi connectivity index (χ0) is 14.4. The van der Waals surface area contributed by atoms with E-state index >= 15 is 0 Å². The monoisotopic (exact) mass is 293 g/mol. The Hall–Kier alpha value is -1.69. The lowest BCUT2D eigenvalue weighted by Crippen LogP contribution is -2.37. The van der Waals surface area contributed by atoms with Crippen LogP contribution in [0.15, 0.2) is 35.4 Å². The van der Waals surface area contributed by atoms with Gasteiger partial charge in [-0.25, -0.2) is 0 Å². The molecule has 0 radical (unpaired) electrons. The molecule has 108 valence electrons. The van der Waals surface area contributed by atoms with Gasteiger partial charge in [0.2, 0.25) is 0 Å². The summed E-state index contributed by atoms with van der Waals surface area (Å²) in [5.74, 6) is 0.162. The van der Waals surface area contributed by atoms with Crippen LogP contribution in [0.5, 0.6) is 0 Å². The molecule has 2 N–H and O–H groups in total. The van der Waals surface area contributed by atoms with Crippen molar-refractivity contribution in [2.45, 2.75) is 31.2 Å². The van der Waals surface area contributed by atoms with Crippen LogP contribution < -0.4 is 5.43 Å². The first kappa shape index (κ1) is 14.7. The van der Waals surface area contributed by atoms with Gasteiger partial charge in [0.25, 0.3) is 0 Å². The molecule has 0 aromatic heterocycles. The summed E-state index contributed by atoms with van der Waals surface area (Å²) in [6, 6.07) is 9.97. The molecule has 0 fully saturated rings. The topological polar surface area (TPSA) is 64.9 Å². The summed E-state index contributed by atoms with van der Waals surface area (Å²) >= 11 is 4.46. The Morgan fingerprint density at radius 1 is 1.30 bits per heavy atom. The summed E-state index contributed by atoms with van der Waals surface area (Å²) in [7, 11) is 0. The van der Waals surface area contributed by atoms with Crippen LogP contribution in [-0.2, 0) is 4.79 Å². The van der Waals surface area contributed by atoms with Crippen molar-refractivity contribution in [2.75, 3.05) is 6.54 Å². The predicted octanol–water partition coefficient (Wildman–Crippen LogP) is 2.11. The highest BCUT2D eigenvalue weighted by Gasteiger charge is 2.24. The van der Waals surface area contributed by atoms with Crippen molar-refractivity contribution in [3.8, 4) is 0 Å². The molecule has 1 aliphatic heterocycles. The Kier molecular flexibility index (Phi) is 5.29. The first-order valence-electron chi connectivity index (χ1n) is 6.73.